The predicted molar refractivity (Wildman–Crippen MR) is 58.9 cm³/mol. The molecule has 0 unspecified atom stereocenters. The van der Waals surface area contributed by atoms with Gasteiger partial charge in [-0.15, -0.1) is 0 Å². The van der Waals surface area contributed by atoms with Gasteiger partial charge < -0.3 is 9.47 Å². The number of carbonyl (C=O) groups excluding carboxylic acids is 2. The van der Waals surface area contributed by atoms with Gasteiger partial charge in [0.05, 0.1) is 6.61 Å². The van der Waals surface area contributed by atoms with E-state index in [4.69, 9.17) is 9.47 Å². The summed E-state index contributed by atoms with van der Waals surface area (Å²) in [5.41, 5.74) is -1.05. The molecule has 0 spiro atoms. The summed E-state index contributed by atoms with van der Waals surface area (Å²) in [5, 5.41) is 0. The van der Waals surface area contributed by atoms with Crippen molar-refractivity contribution in [1.29, 1.82) is 0 Å². The summed E-state index contributed by atoms with van der Waals surface area (Å²) in [6, 6.07) is 0. The van der Waals surface area contributed by atoms with E-state index in [0.717, 1.165) is 0 Å². The van der Waals surface area contributed by atoms with Crippen molar-refractivity contribution >= 4 is 11.8 Å². The molecular formula is C12H18O4. The van der Waals surface area contributed by atoms with E-state index in [1.165, 1.54) is 6.92 Å². The molecule has 4 nitrogen and oxygen atoms in total. The second-order valence-electron chi connectivity index (χ2n) is 3.98. The number of ether oxygens (including phenoxy) is 2. The minimum absolute atomic E-state index is 0.152. The fourth-order valence-electron chi connectivity index (χ4n) is 1.79. The minimum atomic E-state index is -1.05. The van der Waals surface area contributed by atoms with E-state index in [-0.39, 0.29) is 5.78 Å². The molecule has 0 aliphatic carbocycles. The van der Waals surface area contributed by atoms with Gasteiger partial charge in [0, 0.05) is 13.7 Å². The highest BCUT2D eigenvalue weighted by Crippen LogP contribution is 2.31. The average Bonchev–Trinajstić information content (AvgIpc) is 2.23. The van der Waals surface area contributed by atoms with Crippen molar-refractivity contribution in [2.24, 2.45) is 5.41 Å². The summed E-state index contributed by atoms with van der Waals surface area (Å²) in [7, 11) is 1.55. The Labute approximate surface area is 95.6 Å². The molecule has 0 radical (unpaired) electrons. The number of carbonyl (C=O) groups is 2. The maximum absolute atomic E-state index is 11.9. The Morgan fingerprint density at radius 2 is 2.31 bits per heavy atom. The highest BCUT2D eigenvalue weighted by atomic mass is 16.5. The molecule has 1 aliphatic heterocycles. The van der Waals surface area contributed by atoms with Crippen molar-refractivity contribution in [1.82, 2.24) is 0 Å². The molecule has 0 bridgehead atoms. The van der Waals surface area contributed by atoms with Gasteiger partial charge in [-0.25, -0.2) is 0 Å². The molecule has 1 atom stereocenters. The number of hydrogen-bond donors (Lipinski definition) is 0. The lowest BCUT2D eigenvalue weighted by molar-refractivity contribution is -0.161. The largest absolute Gasteiger partial charge is 0.465 e. The Hall–Kier alpha value is -1.16. The smallest absolute Gasteiger partial charge is 0.320 e. The molecule has 0 aromatic rings. The number of rotatable bonds is 4. The van der Waals surface area contributed by atoms with Crippen molar-refractivity contribution < 1.29 is 19.1 Å². The van der Waals surface area contributed by atoms with Crippen molar-refractivity contribution in [2.75, 3.05) is 20.3 Å². The SMILES string of the molecule is COCC[C@]1(C(C)=O)C/C=C\CCOC1=O. The number of allylic oxidation sites excluding steroid dienone is 1. The Morgan fingerprint density at radius 1 is 1.56 bits per heavy atom. The molecule has 90 valence electrons. The van der Waals surface area contributed by atoms with E-state index < -0.39 is 11.4 Å². The summed E-state index contributed by atoms with van der Waals surface area (Å²) in [6.45, 7) is 2.16. The zero-order chi connectivity index (χ0) is 12.0. The maximum atomic E-state index is 11.9. The van der Waals surface area contributed by atoms with Crippen molar-refractivity contribution in [3.05, 3.63) is 12.2 Å². The van der Waals surface area contributed by atoms with Gasteiger partial charge in [0.1, 0.15) is 11.2 Å². The van der Waals surface area contributed by atoms with Crippen LogP contribution in [0.5, 0.6) is 0 Å². The average molecular weight is 226 g/mol. The molecule has 0 aromatic carbocycles. The zero-order valence-corrected chi connectivity index (χ0v) is 9.82. The van der Waals surface area contributed by atoms with Crippen LogP contribution in [0.1, 0.15) is 26.2 Å². The standard InChI is InChI=1S/C12H18O4/c1-10(13)12(7-9-15-2)6-4-3-5-8-16-11(12)14/h3-4H,5-9H2,1-2H3/b4-3-/t12-/m0/s1. The summed E-state index contributed by atoms with van der Waals surface area (Å²) < 4.78 is 10.0. The molecule has 0 fully saturated rings. The first-order valence-corrected chi connectivity index (χ1v) is 5.45. The lowest BCUT2D eigenvalue weighted by Gasteiger charge is -2.28. The van der Waals surface area contributed by atoms with E-state index in [2.05, 4.69) is 0 Å². The van der Waals surface area contributed by atoms with Crippen molar-refractivity contribution in [2.45, 2.75) is 26.2 Å². The molecule has 4 heteroatoms. The number of methoxy groups -OCH3 is 1. The molecule has 1 rings (SSSR count). The Morgan fingerprint density at radius 3 is 2.94 bits per heavy atom. The van der Waals surface area contributed by atoms with Crippen molar-refractivity contribution in [3.8, 4) is 0 Å². The molecule has 16 heavy (non-hydrogen) atoms. The number of cyclic esters (lactones) is 1. The third-order valence-corrected chi connectivity index (χ3v) is 2.95. The Balaban J connectivity index is 2.92. The molecule has 0 aromatic heterocycles. The van der Waals surface area contributed by atoms with Gasteiger partial charge in [-0.3, -0.25) is 9.59 Å². The second kappa shape index (κ2) is 5.80. The third kappa shape index (κ3) is 2.70. The Kier molecular flexibility index (Phi) is 4.68. The second-order valence-corrected chi connectivity index (χ2v) is 3.98. The highest BCUT2D eigenvalue weighted by molar-refractivity contribution is 6.02. The van der Waals surface area contributed by atoms with Gasteiger partial charge in [-0.05, 0) is 26.2 Å². The van der Waals surface area contributed by atoms with Crippen LogP contribution in [0.15, 0.2) is 12.2 Å². The lowest BCUT2D eigenvalue weighted by Crippen LogP contribution is -2.40. The van der Waals surface area contributed by atoms with E-state index in [1.54, 1.807) is 7.11 Å². The van der Waals surface area contributed by atoms with E-state index in [9.17, 15) is 9.59 Å². The lowest BCUT2D eigenvalue weighted by atomic mass is 9.77. The molecule has 0 amide bonds. The van der Waals surface area contributed by atoms with Gasteiger partial charge >= 0.3 is 5.97 Å². The maximum Gasteiger partial charge on any atom is 0.320 e. The first kappa shape index (κ1) is 12.9. The van der Waals surface area contributed by atoms with Crippen LogP contribution in [0, 0.1) is 5.41 Å². The topological polar surface area (TPSA) is 52.6 Å². The highest BCUT2D eigenvalue weighted by Gasteiger charge is 2.43. The van der Waals surface area contributed by atoms with Crippen LogP contribution in [-0.4, -0.2) is 32.1 Å². The van der Waals surface area contributed by atoms with Crippen molar-refractivity contribution in [3.63, 3.8) is 0 Å². The zero-order valence-electron chi connectivity index (χ0n) is 9.82. The molecule has 0 N–H and O–H groups in total. The first-order valence-electron chi connectivity index (χ1n) is 5.45. The molecule has 1 aliphatic rings. The van der Waals surface area contributed by atoms with Crippen LogP contribution in [0.25, 0.3) is 0 Å². The molecular weight excluding hydrogens is 208 g/mol. The number of hydrogen-bond acceptors (Lipinski definition) is 4. The monoisotopic (exact) mass is 226 g/mol. The molecule has 1 heterocycles. The van der Waals surface area contributed by atoms with Gasteiger partial charge in [-0.2, -0.15) is 0 Å². The summed E-state index contributed by atoms with van der Waals surface area (Å²) >= 11 is 0. The normalized spacial score (nSPS) is 27.8. The molecule has 0 saturated carbocycles. The Bertz CT molecular complexity index is 295. The van der Waals surface area contributed by atoms with Gasteiger partial charge in [0.2, 0.25) is 0 Å². The van der Waals surface area contributed by atoms with E-state index >= 15 is 0 Å². The third-order valence-electron chi connectivity index (χ3n) is 2.95. The van der Waals surface area contributed by atoms with Crippen LogP contribution >= 0.6 is 0 Å². The van der Waals surface area contributed by atoms with Crippen LogP contribution in [0.3, 0.4) is 0 Å². The van der Waals surface area contributed by atoms with Crippen LogP contribution in [-0.2, 0) is 19.1 Å². The van der Waals surface area contributed by atoms with E-state index in [1.807, 2.05) is 12.2 Å². The van der Waals surface area contributed by atoms with Gasteiger partial charge in [0.25, 0.3) is 0 Å². The number of esters is 1. The predicted octanol–water partition coefficient (Wildman–Crippen LogP) is 1.49. The van der Waals surface area contributed by atoms with Crippen LogP contribution in [0.4, 0.5) is 0 Å². The first-order chi connectivity index (χ1) is 7.63. The van der Waals surface area contributed by atoms with Gasteiger partial charge in [-0.1, -0.05) is 12.2 Å². The number of Topliss-reactive ketones (excluding diaryl/α,β-unsaturated/α-hetero) is 1. The molecule has 0 saturated heterocycles. The summed E-state index contributed by atoms with van der Waals surface area (Å²) in [5.74, 6) is -0.567. The minimum Gasteiger partial charge on any atom is -0.465 e. The summed E-state index contributed by atoms with van der Waals surface area (Å²) in [4.78, 5) is 23.6. The van der Waals surface area contributed by atoms with E-state index in [0.29, 0.717) is 32.5 Å². The van der Waals surface area contributed by atoms with Crippen LogP contribution < -0.4 is 0 Å². The van der Waals surface area contributed by atoms with Crippen LogP contribution in [0.2, 0.25) is 0 Å². The number of ketones is 1. The van der Waals surface area contributed by atoms with Gasteiger partial charge in [0.15, 0.2) is 0 Å². The summed E-state index contributed by atoms with van der Waals surface area (Å²) in [6.07, 6.45) is 5.32. The fourth-order valence-corrected chi connectivity index (χ4v) is 1.79. The quantitative estimate of drug-likeness (QED) is 0.414. The fraction of sp³-hybridized carbons (Fsp3) is 0.667.